The van der Waals surface area contributed by atoms with Crippen molar-refractivity contribution in [2.45, 2.75) is 6.92 Å². The maximum absolute atomic E-state index is 13.4. The van der Waals surface area contributed by atoms with Crippen molar-refractivity contribution in [1.82, 2.24) is 0 Å². The van der Waals surface area contributed by atoms with Crippen molar-refractivity contribution in [1.29, 1.82) is 0 Å². The lowest BCUT2D eigenvalue weighted by Gasteiger charge is -2.06. The van der Waals surface area contributed by atoms with E-state index in [0.29, 0.717) is 32.7 Å². The molecule has 5 aromatic rings. The van der Waals surface area contributed by atoms with Gasteiger partial charge in [-0.05, 0) is 42.3 Å². The Morgan fingerprint density at radius 1 is 0.900 bits per heavy atom. The van der Waals surface area contributed by atoms with Crippen LogP contribution in [0, 0.1) is 6.92 Å². The minimum absolute atomic E-state index is 0.154. The van der Waals surface area contributed by atoms with Crippen LogP contribution < -0.4 is 5.63 Å². The lowest BCUT2D eigenvalue weighted by atomic mass is 9.96. The monoisotopic (exact) mass is 414 g/mol. The summed E-state index contributed by atoms with van der Waals surface area (Å²) in [7, 11) is 0. The van der Waals surface area contributed by atoms with Crippen LogP contribution in [0.4, 0.5) is 0 Å². The van der Waals surface area contributed by atoms with Gasteiger partial charge < -0.3 is 8.83 Å². The Labute approximate surface area is 176 Å². The first-order chi connectivity index (χ1) is 14.5. The lowest BCUT2D eigenvalue weighted by Crippen LogP contribution is -2.02. The second-order valence-corrected chi connectivity index (χ2v) is 7.45. The molecule has 4 nitrogen and oxygen atoms in total. The maximum atomic E-state index is 13.4. The van der Waals surface area contributed by atoms with E-state index in [1.54, 1.807) is 30.3 Å². The van der Waals surface area contributed by atoms with E-state index in [1.165, 1.54) is 6.07 Å². The number of halogens is 1. The first-order valence-corrected chi connectivity index (χ1v) is 9.77. The Balaban J connectivity index is 1.93. The molecule has 0 atom stereocenters. The predicted molar refractivity (Wildman–Crippen MR) is 117 cm³/mol. The van der Waals surface area contributed by atoms with Gasteiger partial charge in [-0.25, -0.2) is 4.79 Å². The summed E-state index contributed by atoms with van der Waals surface area (Å²) >= 11 is 6.28. The molecule has 5 rings (SSSR count). The molecule has 0 spiro atoms. The van der Waals surface area contributed by atoms with Crippen LogP contribution in [0.1, 0.15) is 21.7 Å². The molecule has 0 aliphatic carbocycles. The summed E-state index contributed by atoms with van der Waals surface area (Å²) in [5.41, 5.74) is 2.91. The predicted octanol–water partition coefficient (Wildman–Crippen LogP) is 6.40. The molecule has 0 unspecified atom stereocenters. The Morgan fingerprint density at radius 2 is 1.63 bits per heavy atom. The Kier molecular flexibility index (Phi) is 4.30. The smallest absolute Gasteiger partial charge is 0.336 e. The Bertz CT molecular complexity index is 1490. The molecule has 0 fully saturated rings. The van der Waals surface area contributed by atoms with Crippen molar-refractivity contribution < 1.29 is 13.6 Å². The van der Waals surface area contributed by atoms with Gasteiger partial charge in [0, 0.05) is 22.6 Å². The van der Waals surface area contributed by atoms with Gasteiger partial charge in [0.2, 0.25) is 5.78 Å². The number of ketones is 1. The molecule has 3 aromatic carbocycles. The number of fused-ring (bicyclic) bond motifs is 3. The summed E-state index contributed by atoms with van der Waals surface area (Å²) in [6.45, 7) is 1.85. The van der Waals surface area contributed by atoms with Crippen molar-refractivity contribution in [2.24, 2.45) is 0 Å². The number of benzene rings is 3. The van der Waals surface area contributed by atoms with Crippen molar-refractivity contribution in [2.75, 3.05) is 0 Å². The van der Waals surface area contributed by atoms with E-state index in [0.717, 1.165) is 16.5 Å². The zero-order valence-corrected chi connectivity index (χ0v) is 16.7. The van der Waals surface area contributed by atoms with E-state index in [4.69, 9.17) is 20.4 Å². The molecule has 2 heterocycles. The number of carbonyl (C=O) groups excluding carboxylic acids is 1. The summed E-state index contributed by atoms with van der Waals surface area (Å²) in [5, 5.41) is 1.72. The molecule has 0 amide bonds. The van der Waals surface area contributed by atoms with Crippen molar-refractivity contribution in [3.63, 3.8) is 0 Å². The van der Waals surface area contributed by atoms with Gasteiger partial charge in [0.25, 0.3) is 0 Å². The van der Waals surface area contributed by atoms with Gasteiger partial charge in [0.15, 0.2) is 5.76 Å². The van der Waals surface area contributed by atoms with E-state index in [9.17, 15) is 9.59 Å². The summed E-state index contributed by atoms with van der Waals surface area (Å²) < 4.78 is 11.6. The number of hydrogen-bond acceptors (Lipinski definition) is 4. The van der Waals surface area contributed by atoms with Crippen molar-refractivity contribution in [3.8, 4) is 11.1 Å². The van der Waals surface area contributed by atoms with Gasteiger partial charge >= 0.3 is 5.63 Å². The number of aryl methyl sites for hydroxylation is 1. The van der Waals surface area contributed by atoms with Crippen LogP contribution in [0.5, 0.6) is 0 Å². The number of carbonyl (C=O) groups is 1. The number of rotatable bonds is 3. The first kappa shape index (κ1) is 18.4. The topological polar surface area (TPSA) is 60.4 Å². The van der Waals surface area contributed by atoms with E-state index in [2.05, 4.69) is 0 Å². The summed E-state index contributed by atoms with van der Waals surface area (Å²) in [5.74, 6) is -0.181. The molecule has 0 bridgehead atoms. The van der Waals surface area contributed by atoms with Gasteiger partial charge in [-0.3, -0.25) is 4.79 Å². The fourth-order valence-corrected chi connectivity index (χ4v) is 3.99. The van der Waals surface area contributed by atoms with Crippen molar-refractivity contribution in [3.05, 3.63) is 105 Å². The minimum atomic E-state index is -0.452. The highest BCUT2D eigenvalue weighted by Gasteiger charge is 2.26. The molecule has 5 heteroatoms. The zero-order chi connectivity index (χ0) is 20.8. The van der Waals surface area contributed by atoms with Gasteiger partial charge in [-0.2, -0.15) is 0 Å². The minimum Gasteiger partial charge on any atom is -0.452 e. The average Bonchev–Trinajstić information content (AvgIpc) is 3.14. The molecule has 0 saturated heterocycles. The summed E-state index contributed by atoms with van der Waals surface area (Å²) in [4.78, 5) is 25.6. The molecule has 0 N–H and O–H groups in total. The molecule has 2 aromatic heterocycles. The highest BCUT2D eigenvalue weighted by molar-refractivity contribution is 6.35. The molecule has 146 valence electrons. The first-order valence-electron chi connectivity index (χ1n) is 9.39. The average molecular weight is 415 g/mol. The van der Waals surface area contributed by atoms with Crippen LogP contribution in [0.25, 0.3) is 33.1 Å². The molecule has 0 radical (unpaired) electrons. The van der Waals surface area contributed by atoms with E-state index in [-0.39, 0.29) is 11.5 Å². The summed E-state index contributed by atoms with van der Waals surface area (Å²) in [6.07, 6.45) is 0. The maximum Gasteiger partial charge on any atom is 0.336 e. The van der Waals surface area contributed by atoms with Gasteiger partial charge in [-0.1, -0.05) is 54.1 Å². The van der Waals surface area contributed by atoms with Crippen LogP contribution in [0.3, 0.4) is 0 Å². The van der Waals surface area contributed by atoms with E-state index < -0.39 is 5.63 Å². The van der Waals surface area contributed by atoms with Crippen LogP contribution >= 0.6 is 11.6 Å². The zero-order valence-electron chi connectivity index (χ0n) is 15.9. The Hall–Kier alpha value is -3.63. The van der Waals surface area contributed by atoms with E-state index >= 15 is 0 Å². The lowest BCUT2D eigenvalue weighted by molar-refractivity contribution is 0.101. The molecule has 0 aliphatic rings. The fourth-order valence-electron chi connectivity index (χ4n) is 3.77. The quantitative estimate of drug-likeness (QED) is 0.253. The highest BCUT2D eigenvalue weighted by atomic mass is 35.5. The third-order valence-corrected chi connectivity index (χ3v) is 5.49. The second-order valence-electron chi connectivity index (χ2n) is 7.05. The molecular weight excluding hydrogens is 400 g/mol. The molecule has 0 saturated carbocycles. The summed E-state index contributed by atoms with van der Waals surface area (Å²) in [6, 6.07) is 21.3. The third kappa shape index (κ3) is 2.85. The van der Waals surface area contributed by atoms with Gasteiger partial charge in [-0.15, -0.1) is 0 Å². The SMILES string of the molecule is Cc1cc(=O)oc2c1ccc1oc(C(=O)c3ccccc3Cl)c(-c3ccccc3)c12. The fraction of sp³-hybridized carbons (Fsp3) is 0.0400. The van der Waals surface area contributed by atoms with E-state index in [1.807, 2.05) is 43.3 Å². The largest absolute Gasteiger partial charge is 0.452 e. The third-order valence-electron chi connectivity index (χ3n) is 5.16. The van der Waals surface area contributed by atoms with Crippen LogP contribution in [0.15, 0.2) is 86.4 Å². The number of hydrogen-bond donors (Lipinski definition) is 0. The van der Waals surface area contributed by atoms with Crippen molar-refractivity contribution >= 4 is 39.3 Å². The van der Waals surface area contributed by atoms with Crippen LogP contribution in [-0.2, 0) is 0 Å². The van der Waals surface area contributed by atoms with Gasteiger partial charge in [0.05, 0.1) is 10.4 Å². The number of furan rings is 1. The normalized spacial score (nSPS) is 11.3. The standard InChI is InChI=1S/C25H15ClO4/c1-14-13-20(27)30-24-16(14)11-12-19-22(24)21(15-7-3-2-4-8-15)25(29-19)23(28)17-9-5-6-10-18(17)26/h2-13H,1H3. The molecule has 30 heavy (non-hydrogen) atoms. The van der Waals surface area contributed by atoms with Crippen LogP contribution in [0.2, 0.25) is 5.02 Å². The Morgan fingerprint density at radius 3 is 2.40 bits per heavy atom. The molecular formula is C25H15ClO4. The molecule has 0 aliphatic heterocycles. The highest BCUT2D eigenvalue weighted by Crippen LogP contribution is 2.40. The van der Waals surface area contributed by atoms with Crippen LogP contribution in [-0.4, -0.2) is 5.78 Å². The second kappa shape index (κ2) is 7.01. The van der Waals surface area contributed by atoms with Gasteiger partial charge in [0.1, 0.15) is 11.2 Å².